The monoisotopic (exact) mass is 345 g/mol. The van der Waals surface area contributed by atoms with Crippen LogP contribution in [0.4, 0.5) is 0 Å². The van der Waals surface area contributed by atoms with E-state index < -0.39 is 12.1 Å². The van der Waals surface area contributed by atoms with Gasteiger partial charge in [0.1, 0.15) is 0 Å². The van der Waals surface area contributed by atoms with Crippen molar-refractivity contribution in [2.24, 2.45) is 0 Å². The maximum Gasteiger partial charge on any atom is 0.334 e. The van der Waals surface area contributed by atoms with Crippen LogP contribution in [0.15, 0.2) is 22.0 Å². The minimum Gasteiger partial charge on any atom is -0.479 e. The van der Waals surface area contributed by atoms with E-state index in [0.29, 0.717) is 6.54 Å². The van der Waals surface area contributed by atoms with Gasteiger partial charge in [0.2, 0.25) is 5.91 Å². The van der Waals surface area contributed by atoms with Gasteiger partial charge in [-0.05, 0) is 28.1 Å². The fraction of sp³-hybridized carbons (Fsp3) is 0.333. The number of hydrogen-bond acceptors (Lipinski definition) is 4. The normalized spacial score (nSPS) is 19.8. The van der Waals surface area contributed by atoms with Gasteiger partial charge in [0.25, 0.3) is 0 Å². The highest BCUT2D eigenvalue weighted by Crippen LogP contribution is 2.20. The minimum atomic E-state index is -1.04. The number of ether oxygens (including phenoxy) is 1. The third-order valence-electron chi connectivity index (χ3n) is 2.63. The lowest BCUT2D eigenvalue weighted by Gasteiger charge is -2.30. The number of carbonyl (C=O) groups excluding carboxylic acids is 1. The Morgan fingerprint density at radius 2 is 2.37 bits per heavy atom. The van der Waals surface area contributed by atoms with Crippen LogP contribution in [0.3, 0.4) is 0 Å². The molecule has 19 heavy (non-hydrogen) atoms. The number of carbonyl (C=O) groups is 2. The summed E-state index contributed by atoms with van der Waals surface area (Å²) in [5, 5.41) is 10.8. The number of amides is 1. The Morgan fingerprint density at radius 1 is 1.58 bits per heavy atom. The number of hydrogen-bond donors (Lipinski definition) is 1. The molecule has 1 aromatic rings. The van der Waals surface area contributed by atoms with Crippen LogP contribution in [0.2, 0.25) is 0 Å². The summed E-state index contributed by atoms with van der Waals surface area (Å²) in [5.74, 6) is -1.23. The second-order valence-corrected chi connectivity index (χ2v) is 5.84. The van der Waals surface area contributed by atoms with Gasteiger partial charge in [0, 0.05) is 27.4 Å². The summed E-state index contributed by atoms with van der Waals surface area (Å²) >= 11 is 4.86. The first-order valence-electron chi connectivity index (χ1n) is 5.61. The Labute approximate surface area is 122 Å². The molecular formula is C12H12BrNO4S. The zero-order valence-electron chi connectivity index (χ0n) is 9.91. The van der Waals surface area contributed by atoms with E-state index in [1.165, 1.54) is 22.3 Å². The Morgan fingerprint density at radius 3 is 3.00 bits per heavy atom. The third kappa shape index (κ3) is 3.89. The van der Waals surface area contributed by atoms with Crippen molar-refractivity contribution in [1.82, 2.24) is 4.90 Å². The third-order valence-corrected chi connectivity index (χ3v) is 4.29. The predicted octanol–water partition coefficient (Wildman–Crippen LogP) is 1.84. The zero-order chi connectivity index (χ0) is 13.8. The van der Waals surface area contributed by atoms with Gasteiger partial charge >= 0.3 is 5.97 Å². The van der Waals surface area contributed by atoms with E-state index in [9.17, 15) is 9.59 Å². The molecule has 0 aromatic carbocycles. The van der Waals surface area contributed by atoms with Crippen LogP contribution >= 0.6 is 27.3 Å². The highest BCUT2D eigenvalue weighted by molar-refractivity contribution is 9.10. The molecule has 1 amide bonds. The van der Waals surface area contributed by atoms with Crippen molar-refractivity contribution in [3.05, 3.63) is 26.9 Å². The highest BCUT2D eigenvalue weighted by atomic mass is 79.9. The first kappa shape index (κ1) is 14.2. The maximum absolute atomic E-state index is 11.9. The van der Waals surface area contributed by atoms with Crippen LogP contribution in [0.1, 0.15) is 4.88 Å². The van der Waals surface area contributed by atoms with Crippen molar-refractivity contribution in [3.8, 4) is 0 Å². The number of morpholine rings is 1. The van der Waals surface area contributed by atoms with Crippen molar-refractivity contribution in [2.75, 3.05) is 19.7 Å². The Balaban J connectivity index is 1.96. The second-order valence-electron chi connectivity index (χ2n) is 3.98. The molecule has 5 nitrogen and oxygen atoms in total. The summed E-state index contributed by atoms with van der Waals surface area (Å²) in [6.45, 7) is 0.759. The van der Waals surface area contributed by atoms with Gasteiger partial charge in [0.15, 0.2) is 6.10 Å². The van der Waals surface area contributed by atoms with Gasteiger partial charge in [-0.3, -0.25) is 4.79 Å². The van der Waals surface area contributed by atoms with Crippen LogP contribution in [-0.2, 0) is 14.3 Å². The van der Waals surface area contributed by atoms with Gasteiger partial charge < -0.3 is 14.7 Å². The molecule has 1 aliphatic heterocycles. The number of thiophene rings is 1. The van der Waals surface area contributed by atoms with Gasteiger partial charge in [0.05, 0.1) is 13.2 Å². The molecule has 1 aliphatic rings. The largest absolute Gasteiger partial charge is 0.479 e. The molecule has 2 heterocycles. The van der Waals surface area contributed by atoms with Crippen LogP contribution in [-0.4, -0.2) is 47.7 Å². The molecule has 0 radical (unpaired) electrons. The van der Waals surface area contributed by atoms with Crippen LogP contribution in [0, 0.1) is 0 Å². The summed E-state index contributed by atoms with van der Waals surface area (Å²) < 4.78 is 6.04. The van der Waals surface area contributed by atoms with Crippen LogP contribution < -0.4 is 0 Å². The summed E-state index contributed by atoms with van der Waals surface area (Å²) in [5.41, 5.74) is 0. The molecular weight excluding hydrogens is 334 g/mol. The molecule has 1 saturated heterocycles. The van der Waals surface area contributed by atoms with E-state index in [1.54, 1.807) is 6.08 Å². The average Bonchev–Trinajstić information content (AvgIpc) is 2.82. The number of rotatable bonds is 3. The van der Waals surface area contributed by atoms with E-state index in [1.807, 2.05) is 11.4 Å². The van der Waals surface area contributed by atoms with Gasteiger partial charge in [-0.1, -0.05) is 0 Å². The Kier molecular flexibility index (Phi) is 4.73. The molecule has 0 bridgehead atoms. The van der Waals surface area contributed by atoms with Crippen LogP contribution in [0.25, 0.3) is 6.08 Å². The number of carboxylic acid groups (broad SMARTS) is 1. The molecule has 1 fully saturated rings. The minimum absolute atomic E-state index is 0.0899. The van der Waals surface area contributed by atoms with Crippen molar-refractivity contribution < 1.29 is 19.4 Å². The van der Waals surface area contributed by atoms with E-state index in [-0.39, 0.29) is 19.1 Å². The Bertz CT molecular complexity index is 514. The van der Waals surface area contributed by atoms with Gasteiger partial charge in [-0.25, -0.2) is 4.79 Å². The summed E-state index contributed by atoms with van der Waals surface area (Å²) in [6.07, 6.45) is 2.26. The van der Waals surface area contributed by atoms with Crippen molar-refractivity contribution in [2.45, 2.75) is 6.10 Å². The maximum atomic E-state index is 11.9. The van der Waals surface area contributed by atoms with Crippen molar-refractivity contribution in [3.63, 3.8) is 0 Å². The Hall–Kier alpha value is -1.18. The lowest BCUT2D eigenvalue weighted by atomic mass is 10.2. The molecule has 7 heteroatoms. The fourth-order valence-corrected chi connectivity index (χ4v) is 3.01. The quantitative estimate of drug-likeness (QED) is 0.848. The number of nitrogens with zero attached hydrogens (tertiary/aromatic N) is 1. The summed E-state index contributed by atoms with van der Waals surface area (Å²) in [6, 6.07) is 1.91. The van der Waals surface area contributed by atoms with Crippen molar-refractivity contribution in [1.29, 1.82) is 0 Å². The fourth-order valence-electron chi connectivity index (χ4n) is 1.67. The summed E-state index contributed by atoms with van der Waals surface area (Å²) in [4.78, 5) is 25.2. The average molecular weight is 346 g/mol. The second kappa shape index (κ2) is 6.31. The molecule has 1 N–H and O–H groups in total. The zero-order valence-corrected chi connectivity index (χ0v) is 12.3. The van der Waals surface area contributed by atoms with Gasteiger partial charge in [-0.2, -0.15) is 0 Å². The number of aliphatic carboxylic acids is 1. The van der Waals surface area contributed by atoms with E-state index in [0.717, 1.165) is 9.35 Å². The molecule has 1 unspecified atom stereocenters. The SMILES string of the molecule is O=C(O)C1CN(C(=O)/C=C/c2cc(Br)cs2)CCO1. The molecule has 1 aromatic heterocycles. The first-order valence-corrected chi connectivity index (χ1v) is 7.29. The number of carboxylic acids is 1. The lowest BCUT2D eigenvalue weighted by Crippen LogP contribution is -2.48. The summed E-state index contributed by atoms with van der Waals surface area (Å²) in [7, 11) is 0. The smallest absolute Gasteiger partial charge is 0.334 e. The molecule has 102 valence electrons. The molecule has 0 saturated carbocycles. The predicted molar refractivity (Wildman–Crippen MR) is 75.0 cm³/mol. The van der Waals surface area contributed by atoms with Gasteiger partial charge in [-0.15, -0.1) is 11.3 Å². The lowest BCUT2D eigenvalue weighted by molar-refractivity contribution is -0.158. The standard InChI is InChI=1S/C12H12BrNO4S/c13-8-5-9(19-7-8)1-2-11(15)14-3-4-18-10(6-14)12(16)17/h1-2,5,7,10H,3-4,6H2,(H,16,17)/b2-1+. The molecule has 2 rings (SSSR count). The van der Waals surface area contributed by atoms with E-state index in [4.69, 9.17) is 9.84 Å². The van der Waals surface area contributed by atoms with E-state index in [2.05, 4.69) is 15.9 Å². The highest BCUT2D eigenvalue weighted by Gasteiger charge is 2.27. The topological polar surface area (TPSA) is 66.8 Å². The number of halogens is 1. The first-order chi connectivity index (χ1) is 9.06. The van der Waals surface area contributed by atoms with E-state index >= 15 is 0 Å². The molecule has 1 atom stereocenters. The molecule has 0 aliphatic carbocycles. The van der Waals surface area contributed by atoms with Crippen LogP contribution in [0.5, 0.6) is 0 Å². The van der Waals surface area contributed by atoms with Crippen molar-refractivity contribution >= 4 is 45.2 Å². The molecule has 0 spiro atoms.